The van der Waals surface area contributed by atoms with Gasteiger partial charge in [0, 0.05) is 58.6 Å². The van der Waals surface area contributed by atoms with Crippen LogP contribution in [0.1, 0.15) is 11.1 Å². The number of anilines is 4. The normalized spacial score (nSPS) is 14.6. The van der Waals surface area contributed by atoms with E-state index in [9.17, 15) is 0 Å². The summed E-state index contributed by atoms with van der Waals surface area (Å²) in [6, 6.07) is 21.0. The van der Waals surface area contributed by atoms with E-state index in [1.807, 2.05) is 25.1 Å². The molecule has 0 atom stereocenters. The van der Waals surface area contributed by atoms with Gasteiger partial charge in [0.25, 0.3) is 0 Å². The molecule has 1 N–H and O–H groups in total. The van der Waals surface area contributed by atoms with Crippen LogP contribution in [0, 0.1) is 6.92 Å². The van der Waals surface area contributed by atoms with Gasteiger partial charge in [-0.3, -0.25) is 4.90 Å². The summed E-state index contributed by atoms with van der Waals surface area (Å²) in [6.07, 6.45) is 0. The van der Waals surface area contributed by atoms with Gasteiger partial charge in [0.1, 0.15) is 11.6 Å². The summed E-state index contributed by atoms with van der Waals surface area (Å²) < 4.78 is 0. The first-order chi connectivity index (χ1) is 14.6. The van der Waals surface area contributed by atoms with E-state index in [0.29, 0.717) is 0 Å². The first-order valence-corrected chi connectivity index (χ1v) is 10.5. The third-order valence-corrected chi connectivity index (χ3v) is 5.39. The number of aryl methyl sites for hydroxylation is 1. The molecule has 6 nitrogen and oxygen atoms in total. The highest BCUT2D eigenvalue weighted by Gasteiger charge is 2.20. The van der Waals surface area contributed by atoms with Crippen LogP contribution in [0.2, 0.25) is 0 Å². The maximum absolute atomic E-state index is 4.82. The second-order valence-electron chi connectivity index (χ2n) is 8.05. The lowest BCUT2D eigenvalue weighted by Crippen LogP contribution is -2.46. The molecule has 1 aliphatic rings. The molecule has 0 radical (unpaired) electrons. The molecule has 0 aliphatic carbocycles. The summed E-state index contributed by atoms with van der Waals surface area (Å²) >= 11 is 0. The van der Waals surface area contributed by atoms with Gasteiger partial charge < -0.3 is 15.1 Å². The van der Waals surface area contributed by atoms with Crippen molar-refractivity contribution in [3.05, 3.63) is 71.8 Å². The van der Waals surface area contributed by atoms with Crippen LogP contribution in [-0.4, -0.2) is 55.1 Å². The Morgan fingerprint density at radius 2 is 1.60 bits per heavy atom. The van der Waals surface area contributed by atoms with Gasteiger partial charge in [0.2, 0.25) is 5.95 Å². The zero-order valence-corrected chi connectivity index (χ0v) is 18.0. The average molecular weight is 403 g/mol. The number of rotatable bonds is 6. The van der Waals surface area contributed by atoms with Crippen molar-refractivity contribution in [2.75, 3.05) is 55.4 Å². The van der Waals surface area contributed by atoms with Crippen LogP contribution in [-0.2, 0) is 6.54 Å². The Labute approximate surface area is 179 Å². The van der Waals surface area contributed by atoms with Gasteiger partial charge in [-0.25, -0.2) is 0 Å². The van der Waals surface area contributed by atoms with Crippen molar-refractivity contribution in [3.8, 4) is 0 Å². The summed E-state index contributed by atoms with van der Waals surface area (Å²) in [7, 11) is 4.03. The SMILES string of the molecule is Cc1ccc(Nc2cc(N(C)C)nc(N3CCN(Cc4ccccc4)CC3)n2)cc1. The summed E-state index contributed by atoms with van der Waals surface area (Å²) in [5.41, 5.74) is 3.63. The fourth-order valence-electron chi connectivity index (χ4n) is 3.59. The Morgan fingerprint density at radius 1 is 0.900 bits per heavy atom. The lowest BCUT2D eigenvalue weighted by molar-refractivity contribution is 0.249. The number of benzene rings is 2. The second-order valence-corrected chi connectivity index (χ2v) is 8.05. The maximum Gasteiger partial charge on any atom is 0.229 e. The van der Waals surface area contributed by atoms with Gasteiger partial charge in [0.05, 0.1) is 0 Å². The van der Waals surface area contributed by atoms with E-state index >= 15 is 0 Å². The van der Waals surface area contributed by atoms with Crippen LogP contribution in [0.5, 0.6) is 0 Å². The molecule has 1 fully saturated rings. The van der Waals surface area contributed by atoms with E-state index < -0.39 is 0 Å². The summed E-state index contributed by atoms with van der Waals surface area (Å²) in [5, 5.41) is 3.43. The highest BCUT2D eigenvalue weighted by Crippen LogP contribution is 2.23. The van der Waals surface area contributed by atoms with Gasteiger partial charge in [-0.1, -0.05) is 48.0 Å². The van der Waals surface area contributed by atoms with Crippen molar-refractivity contribution < 1.29 is 0 Å². The molecule has 2 heterocycles. The summed E-state index contributed by atoms with van der Waals surface area (Å²) in [6.45, 7) is 6.94. The molecule has 156 valence electrons. The Morgan fingerprint density at radius 3 is 2.27 bits per heavy atom. The molecule has 0 bridgehead atoms. The quantitative estimate of drug-likeness (QED) is 0.674. The fraction of sp³-hybridized carbons (Fsp3) is 0.333. The number of nitrogens with one attached hydrogen (secondary N) is 1. The van der Waals surface area contributed by atoms with Crippen molar-refractivity contribution >= 4 is 23.3 Å². The van der Waals surface area contributed by atoms with E-state index in [4.69, 9.17) is 9.97 Å². The molecule has 2 aromatic carbocycles. The summed E-state index contributed by atoms with van der Waals surface area (Å²) in [5.74, 6) is 2.51. The predicted molar refractivity (Wildman–Crippen MR) is 125 cm³/mol. The minimum atomic E-state index is 0.787. The van der Waals surface area contributed by atoms with Crippen molar-refractivity contribution in [1.82, 2.24) is 14.9 Å². The number of hydrogen-bond donors (Lipinski definition) is 1. The van der Waals surface area contributed by atoms with E-state index in [1.54, 1.807) is 0 Å². The Bertz CT molecular complexity index is 947. The van der Waals surface area contributed by atoms with Gasteiger partial charge in [-0.2, -0.15) is 9.97 Å². The van der Waals surface area contributed by atoms with Crippen molar-refractivity contribution in [1.29, 1.82) is 0 Å². The topological polar surface area (TPSA) is 47.5 Å². The molecule has 1 aromatic heterocycles. The van der Waals surface area contributed by atoms with Crippen LogP contribution >= 0.6 is 0 Å². The number of hydrogen-bond acceptors (Lipinski definition) is 6. The van der Waals surface area contributed by atoms with Crippen LogP contribution in [0.4, 0.5) is 23.3 Å². The molecule has 0 saturated carbocycles. The predicted octanol–water partition coefficient (Wildman–Crippen LogP) is 3.92. The standard InChI is InChI=1S/C24H30N6/c1-19-9-11-21(12-10-19)25-22-17-23(28(2)3)27-24(26-22)30-15-13-29(14-16-30)18-20-7-5-4-6-8-20/h4-12,17H,13-16,18H2,1-3H3,(H,25,26,27). The monoisotopic (exact) mass is 402 g/mol. The lowest BCUT2D eigenvalue weighted by Gasteiger charge is -2.35. The van der Waals surface area contributed by atoms with Gasteiger partial charge in [-0.05, 0) is 24.6 Å². The van der Waals surface area contributed by atoms with Crippen molar-refractivity contribution in [3.63, 3.8) is 0 Å². The first kappa shape index (κ1) is 20.2. The molecule has 30 heavy (non-hydrogen) atoms. The number of aromatic nitrogens is 2. The Hall–Kier alpha value is -3.12. The largest absolute Gasteiger partial charge is 0.363 e. The lowest BCUT2D eigenvalue weighted by atomic mass is 10.2. The molecule has 6 heteroatoms. The summed E-state index contributed by atoms with van der Waals surface area (Å²) in [4.78, 5) is 16.4. The highest BCUT2D eigenvalue weighted by atomic mass is 15.3. The third-order valence-electron chi connectivity index (χ3n) is 5.39. The smallest absolute Gasteiger partial charge is 0.229 e. The first-order valence-electron chi connectivity index (χ1n) is 10.5. The highest BCUT2D eigenvalue weighted by molar-refractivity contribution is 5.62. The van der Waals surface area contributed by atoms with Gasteiger partial charge in [0.15, 0.2) is 0 Å². The van der Waals surface area contributed by atoms with Gasteiger partial charge >= 0.3 is 0 Å². The molecule has 0 unspecified atom stereocenters. The minimum Gasteiger partial charge on any atom is -0.363 e. The molecular formula is C24H30N6. The number of nitrogens with zero attached hydrogens (tertiary/aromatic N) is 5. The Balaban J connectivity index is 1.46. The third kappa shape index (κ3) is 5.07. The molecule has 0 spiro atoms. The van der Waals surface area contributed by atoms with Crippen LogP contribution in [0.25, 0.3) is 0 Å². The van der Waals surface area contributed by atoms with Crippen LogP contribution in [0.15, 0.2) is 60.7 Å². The van der Waals surface area contributed by atoms with Crippen molar-refractivity contribution in [2.45, 2.75) is 13.5 Å². The minimum absolute atomic E-state index is 0.787. The average Bonchev–Trinajstić information content (AvgIpc) is 2.76. The van der Waals surface area contributed by atoms with E-state index in [1.165, 1.54) is 11.1 Å². The molecule has 3 aromatic rings. The van der Waals surface area contributed by atoms with Crippen molar-refractivity contribution in [2.24, 2.45) is 0 Å². The van der Waals surface area contributed by atoms with Crippen LogP contribution < -0.4 is 15.1 Å². The zero-order chi connectivity index (χ0) is 20.9. The molecule has 1 saturated heterocycles. The van der Waals surface area contributed by atoms with E-state index in [-0.39, 0.29) is 0 Å². The molecule has 4 rings (SSSR count). The zero-order valence-electron chi connectivity index (χ0n) is 18.0. The maximum atomic E-state index is 4.82. The molecular weight excluding hydrogens is 372 g/mol. The van der Waals surface area contributed by atoms with Gasteiger partial charge in [-0.15, -0.1) is 0 Å². The van der Waals surface area contributed by atoms with Crippen LogP contribution in [0.3, 0.4) is 0 Å². The molecule has 0 amide bonds. The van der Waals surface area contributed by atoms with E-state index in [2.05, 4.69) is 76.6 Å². The molecule has 1 aliphatic heterocycles. The number of piperazine rings is 1. The van der Waals surface area contributed by atoms with E-state index in [0.717, 1.165) is 56.0 Å². The second kappa shape index (κ2) is 9.13. The Kier molecular flexibility index (Phi) is 6.14. The fourth-order valence-corrected chi connectivity index (χ4v) is 3.59.